The maximum atomic E-state index is 12.7. The third-order valence-corrected chi connectivity index (χ3v) is 7.54. The van der Waals surface area contributed by atoms with Crippen molar-refractivity contribution in [2.24, 2.45) is 10.2 Å². The van der Waals surface area contributed by atoms with Gasteiger partial charge in [-0.1, -0.05) is 62.2 Å². The number of aldehydes is 2. The van der Waals surface area contributed by atoms with E-state index in [0.29, 0.717) is 36.4 Å². The molecule has 0 heterocycles. The molecule has 0 aliphatic heterocycles. The van der Waals surface area contributed by atoms with Gasteiger partial charge in [-0.15, -0.1) is 0 Å². The zero-order chi connectivity index (χ0) is 46.2. The number of carbonyl (C=O) groups is 7. The van der Waals surface area contributed by atoms with E-state index in [-0.39, 0.29) is 48.7 Å². The summed E-state index contributed by atoms with van der Waals surface area (Å²) in [6.45, 7) is 10.5. The monoisotopic (exact) mass is 862 g/mol. The quantitative estimate of drug-likeness (QED) is 0.0126. The van der Waals surface area contributed by atoms with Crippen LogP contribution in [0.4, 0.5) is 0 Å². The van der Waals surface area contributed by atoms with E-state index in [1.807, 2.05) is 12.1 Å². The van der Waals surface area contributed by atoms with Crippen molar-refractivity contribution in [1.82, 2.24) is 0 Å². The predicted molar refractivity (Wildman–Crippen MR) is 233 cm³/mol. The Labute approximate surface area is 364 Å². The van der Waals surface area contributed by atoms with Gasteiger partial charge in [-0.05, 0) is 71.3 Å². The van der Waals surface area contributed by atoms with Crippen LogP contribution in [-0.4, -0.2) is 95.5 Å². The third kappa shape index (κ3) is 20.6. The molecule has 16 nitrogen and oxygen atoms in total. The molecule has 328 valence electrons. The van der Waals surface area contributed by atoms with Crippen LogP contribution in [-0.2, 0) is 38.1 Å². The highest BCUT2D eigenvalue weighted by Crippen LogP contribution is 2.26. The Morgan fingerprint density at radius 2 is 1.11 bits per heavy atom. The number of nitrogens with zero attached hydrogens (tertiary/aromatic N) is 2. The Morgan fingerprint density at radius 1 is 0.587 bits per heavy atom. The van der Waals surface area contributed by atoms with Gasteiger partial charge in [-0.2, -0.15) is 10.2 Å². The van der Waals surface area contributed by atoms with Crippen LogP contribution >= 0.6 is 0 Å². The second-order valence-corrected chi connectivity index (χ2v) is 12.0. The molecule has 0 radical (unpaired) electrons. The lowest BCUT2D eigenvalue weighted by atomic mass is 10.1. The molecule has 16 heteroatoms. The molecule has 4 rings (SSSR count). The second-order valence-electron chi connectivity index (χ2n) is 12.0. The van der Waals surface area contributed by atoms with Gasteiger partial charge in [0, 0.05) is 31.2 Å². The summed E-state index contributed by atoms with van der Waals surface area (Å²) in [5.74, 6) is -2.31. The Balaban J connectivity index is 0.000000588. The molecule has 0 N–H and O–H groups in total. The van der Waals surface area contributed by atoms with Crippen molar-refractivity contribution in [2.75, 3.05) is 40.6 Å². The average Bonchev–Trinajstić information content (AvgIpc) is 3.32. The molecule has 0 aromatic heterocycles. The molecular weight excluding hydrogens is 817 g/mol. The van der Waals surface area contributed by atoms with E-state index < -0.39 is 29.8 Å². The third-order valence-electron chi connectivity index (χ3n) is 7.54. The van der Waals surface area contributed by atoms with Crippen LogP contribution in [0.15, 0.2) is 133 Å². The Bertz CT molecular complexity index is 2190. The number of hydrogen-bond donors (Lipinski definition) is 0. The van der Waals surface area contributed by atoms with E-state index in [2.05, 4.69) is 39.4 Å². The smallest absolute Gasteiger partial charge is 0.343 e. The van der Waals surface area contributed by atoms with Crippen LogP contribution in [0.1, 0.15) is 60.6 Å². The lowest BCUT2D eigenvalue weighted by Crippen LogP contribution is -2.14. The van der Waals surface area contributed by atoms with Gasteiger partial charge in [0.1, 0.15) is 55.2 Å². The van der Waals surface area contributed by atoms with Gasteiger partial charge in [0.05, 0.1) is 38.1 Å². The fraction of sp³-hybridized carbons (Fsp3) is 0.170. The molecule has 0 spiro atoms. The molecule has 0 atom stereocenters. The molecule has 0 amide bonds. The fourth-order valence-corrected chi connectivity index (χ4v) is 4.37. The molecular formula is C47H46N2O14. The van der Waals surface area contributed by atoms with E-state index in [1.165, 1.54) is 37.7 Å². The molecule has 0 saturated carbocycles. The van der Waals surface area contributed by atoms with Gasteiger partial charge in [-0.25, -0.2) is 19.2 Å². The van der Waals surface area contributed by atoms with Crippen molar-refractivity contribution in [3.05, 3.63) is 156 Å². The van der Waals surface area contributed by atoms with Crippen LogP contribution < -0.4 is 14.2 Å². The topological polar surface area (TPSA) is 209 Å². The first-order chi connectivity index (χ1) is 30.5. The first-order valence-corrected chi connectivity index (χ1v) is 18.7. The number of methoxy groups -OCH3 is 2. The molecule has 0 unspecified atom stereocenters. The standard InChI is InChI=1S/C32H28N2O10.C9H8O.C6H10O3/c1-3-29(36)41-17-18-42-32(39)27-19-26(14-15-28(27)40-2)44-31(38)24-10-6-22(7-11-24)20-33-34-21-23-8-12-25(13-9-23)43-30(37)5-4-16-35;1-2-8-3-5-9(7-10)6-4-8;1-3-6(7)9-5-4-8-2/h3,6-16,19-21H,1,4-5,17-18H2,2H3;2-7H,1H2;3H,1,4-5H2,2H3/b33-20+,34-21+;;. The molecule has 0 aliphatic carbocycles. The van der Waals surface area contributed by atoms with E-state index in [0.717, 1.165) is 29.6 Å². The number of benzene rings is 4. The van der Waals surface area contributed by atoms with E-state index in [1.54, 1.807) is 73.8 Å². The second kappa shape index (κ2) is 30.0. The van der Waals surface area contributed by atoms with Crippen molar-refractivity contribution >= 4 is 60.9 Å². The Morgan fingerprint density at radius 3 is 1.63 bits per heavy atom. The summed E-state index contributed by atoms with van der Waals surface area (Å²) >= 11 is 0. The first kappa shape index (κ1) is 51.0. The first-order valence-electron chi connectivity index (χ1n) is 18.7. The fourth-order valence-electron chi connectivity index (χ4n) is 4.37. The van der Waals surface area contributed by atoms with E-state index >= 15 is 0 Å². The van der Waals surface area contributed by atoms with Crippen molar-refractivity contribution in [1.29, 1.82) is 0 Å². The number of rotatable bonds is 21. The van der Waals surface area contributed by atoms with Crippen LogP contribution in [0, 0.1) is 0 Å². The summed E-state index contributed by atoms with van der Waals surface area (Å²) in [6.07, 6.45) is 8.48. The van der Waals surface area contributed by atoms with Crippen LogP contribution in [0.5, 0.6) is 17.2 Å². The summed E-state index contributed by atoms with van der Waals surface area (Å²) in [5, 5.41) is 7.98. The SMILES string of the molecule is C=CC(=O)OCCOC.C=CC(=O)OCCOC(=O)c1cc(OC(=O)c2ccc(/C=N/N=C/c3ccc(OC(=O)CCC=O)cc3)cc2)ccc1OC.C=Cc1ccc(C=O)cc1. The Kier molecular flexibility index (Phi) is 24.3. The van der Waals surface area contributed by atoms with Gasteiger partial charge in [0.15, 0.2) is 0 Å². The number of ether oxygens (including phenoxy) is 7. The maximum Gasteiger partial charge on any atom is 0.343 e. The minimum atomic E-state index is -0.759. The van der Waals surface area contributed by atoms with Gasteiger partial charge in [-0.3, -0.25) is 9.59 Å². The number of carbonyl (C=O) groups excluding carboxylic acids is 7. The van der Waals surface area contributed by atoms with Crippen molar-refractivity contribution in [3.8, 4) is 17.2 Å². The minimum Gasteiger partial charge on any atom is -0.496 e. The molecule has 63 heavy (non-hydrogen) atoms. The lowest BCUT2D eigenvalue weighted by molar-refractivity contribution is -0.139. The maximum absolute atomic E-state index is 12.7. The molecule has 4 aromatic carbocycles. The molecule has 4 aromatic rings. The highest BCUT2D eigenvalue weighted by Gasteiger charge is 2.17. The summed E-state index contributed by atoms with van der Waals surface area (Å²) in [4.78, 5) is 78.7. The van der Waals surface area contributed by atoms with E-state index in [4.69, 9.17) is 23.7 Å². The molecule has 0 aliphatic rings. The van der Waals surface area contributed by atoms with Crippen LogP contribution in [0.2, 0.25) is 0 Å². The zero-order valence-corrected chi connectivity index (χ0v) is 34.7. The van der Waals surface area contributed by atoms with Gasteiger partial charge in [0.2, 0.25) is 0 Å². The number of hydrogen-bond acceptors (Lipinski definition) is 16. The van der Waals surface area contributed by atoms with Gasteiger partial charge in [0.25, 0.3) is 0 Å². The van der Waals surface area contributed by atoms with E-state index in [9.17, 15) is 33.6 Å². The van der Waals surface area contributed by atoms with Gasteiger partial charge >= 0.3 is 29.8 Å². The van der Waals surface area contributed by atoms with Crippen molar-refractivity contribution in [3.63, 3.8) is 0 Å². The normalized spacial score (nSPS) is 10.1. The number of esters is 5. The molecule has 0 fully saturated rings. The summed E-state index contributed by atoms with van der Waals surface area (Å²) in [6, 6.07) is 24.5. The summed E-state index contributed by atoms with van der Waals surface area (Å²) in [7, 11) is 2.92. The minimum absolute atomic E-state index is 0.0189. The lowest BCUT2D eigenvalue weighted by Gasteiger charge is -2.11. The molecule has 0 saturated heterocycles. The summed E-state index contributed by atoms with van der Waals surface area (Å²) in [5.41, 5.74) is 3.39. The summed E-state index contributed by atoms with van der Waals surface area (Å²) < 4.78 is 34.8. The van der Waals surface area contributed by atoms with Crippen LogP contribution in [0.25, 0.3) is 6.08 Å². The average molecular weight is 863 g/mol. The zero-order valence-electron chi connectivity index (χ0n) is 34.7. The van der Waals surface area contributed by atoms with Crippen molar-refractivity contribution < 1.29 is 66.7 Å². The van der Waals surface area contributed by atoms with Crippen LogP contribution in [0.3, 0.4) is 0 Å². The Hall–Kier alpha value is -8.11. The highest BCUT2D eigenvalue weighted by molar-refractivity contribution is 5.95. The molecule has 0 bridgehead atoms. The van der Waals surface area contributed by atoms with Gasteiger partial charge < -0.3 is 38.0 Å². The van der Waals surface area contributed by atoms with Crippen molar-refractivity contribution in [2.45, 2.75) is 12.8 Å². The highest BCUT2D eigenvalue weighted by atomic mass is 16.6. The largest absolute Gasteiger partial charge is 0.496 e. The predicted octanol–water partition coefficient (Wildman–Crippen LogP) is 6.64.